The van der Waals surface area contributed by atoms with Crippen LogP contribution in [0.2, 0.25) is 0 Å². The van der Waals surface area contributed by atoms with Crippen molar-refractivity contribution in [3.8, 4) is 11.1 Å². The molecule has 0 saturated heterocycles. The second-order valence-corrected chi connectivity index (χ2v) is 6.66. The molecule has 0 unspecified atom stereocenters. The SMILES string of the molecule is Cn1cc(-c2cnc3ccc(C(F)(F)c4nnc5ccc(N)nn45)cc3c2)cn1. The van der Waals surface area contributed by atoms with Crippen LogP contribution in [0.1, 0.15) is 11.4 Å². The van der Waals surface area contributed by atoms with Gasteiger partial charge >= 0.3 is 5.92 Å². The molecule has 10 heteroatoms. The van der Waals surface area contributed by atoms with Crippen molar-refractivity contribution in [1.29, 1.82) is 0 Å². The van der Waals surface area contributed by atoms with Crippen LogP contribution in [0.3, 0.4) is 0 Å². The highest BCUT2D eigenvalue weighted by atomic mass is 19.3. The number of aromatic nitrogens is 7. The Kier molecular flexibility index (Phi) is 3.57. The molecule has 2 N–H and O–H groups in total. The van der Waals surface area contributed by atoms with Crippen molar-refractivity contribution < 1.29 is 8.78 Å². The van der Waals surface area contributed by atoms with Crippen molar-refractivity contribution >= 4 is 22.4 Å². The molecule has 0 aliphatic rings. The third-order valence-electron chi connectivity index (χ3n) is 4.65. The summed E-state index contributed by atoms with van der Waals surface area (Å²) in [6.45, 7) is 0. The Morgan fingerprint density at radius 1 is 1.00 bits per heavy atom. The van der Waals surface area contributed by atoms with Gasteiger partial charge in [-0.15, -0.1) is 15.3 Å². The molecule has 29 heavy (non-hydrogen) atoms. The molecular formula is C19H14F2N8. The minimum atomic E-state index is -3.43. The maximum atomic E-state index is 15.3. The lowest BCUT2D eigenvalue weighted by atomic mass is 10.0. The third-order valence-corrected chi connectivity index (χ3v) is 4.65. The smallest absolute Gasteiger partial charge is 0.333 e. The number of anilines is 1. The number of rotatable bonds is 3. The number of nitrogen functional groups attached to an aromatic ring is 1. The van der Waals surface area contributed by atoms with E-state index in [0.717, 1.165) is 15.6 Å². The Bertz CT molecular complexity index is 1370. The molecule has 4 aromatic heterocycles. The van der Waals surface area contributed by atoms with E-state index >= 15 is 8.78 Å². The molecule has 0 spiro atoms. The third kappa shape index (κ3) is 2.76. The van der Waals surface area contributed by atoms with Crippen LogP contribution in [0.4, 0.5) is 14.6 Å². The lowest BCUT2D eigenvalue weighted by molar-refractivity contribution is 0.0308. The number of halogens is 2. The summed E-state index contributed by atoms with van der Waals surface area (Å²) in [4.78, 5) is 4.37. The van der Waals surface area contributed by atoms with Crippen LogP contribution in [0, 0.1) is 0 Å². The van der Waals surface area contributed by atoms with Crippen molar-refractivity contribution in [2.75, 3.05) is 5.73 Å². The largest absolute Gasteiger partial charge is 0.382 e. The highest BCUT2D eigenvalue weighted by Gasteiger charge is 2.40. The topological polar surface area (TPSA) is 99.8 Å². The van der Waals surface area contributed by atoms with Gasteiger partial charge in [0.2, 0.25) is 5.82 Å². The summed E-state index contributed by atoms with van der Waals surface area (Å²) < 4.78 is 33.2. The van der Waals surface area contributed by atoms with E-state index in [0.29, 0.717) is 10.9 Å². The van der Waals surface area contributed by atoms with Gasteiger partial charge in [-0.25, -0.2) is 0 Å². The van der Waals surface area contributed by atoms with Crippen LogP contribution < -0.4 is 5.73 Å². The minimum absolute atomic E-state index is 0.0955. The predicted octanol–water partition coefficient (Wildman–Crippen LogP) is 2.80. The Hall–Kier alpha value is -3.95. The molecule has 144 valence electrons. The molecule has 1 aromatic carbocycles. The predicted molar refractivity (Wildman–Crippen MR) is 102 cm³/mol. The fourth-order valence-corrected chi connectivity index (χ4v) is 3.18. The van der Waals surface area contributed by atoms with E-state index in [1.54, 1.807) is 36.3 Å². The van der Waals surface area contributed by atoms with E-state index in [2.05, 4.69) is 25.4 Å². The fourth-order valence-electron chi connectivity index (χ4n) is 3.18. The van der Waals surface area contributed by atoms with Crippen LogP contribution in [-0.2, 0) is 13.0 Å². The van der Waals surface area contributed by atoms with Gasteiger partial charge in [-0.05, 0) is 30.3 Å². The summed E-state index contributed by atoms with van der Waals surface area (Å²) in [6.07, 6.45) is 5.22. The molecule has 5 rings (SSSR count). The number of hydrogen-bond acceptors (Lipinski definition) is 6. The van der Waals surface area contributed by atoms with Crippen LogP contribution in [0.25, 0.3) is 27.7 Å². The number of hydrogen-bond donors (Lipinski definition) is 1. The number of nitrogens with zero attached hydrogens (tertiary/aromatic N) is 7. The summed E-state index contributed by atoms with van der Waals surface area (Å²) >= 11 is 0. The van der Waals surface area contributed by atoms with Gasteiger partial charge in [-0.2, -0.15) is 18.4 Å². The second kappa shape index (κ2) is 6.03. The number of benzene rings is 1. The summed E-state index contributed by atoms with van der Waals surface area (Å²) in [5, 5.41) is 16.0. The van der Waals surface area contributed by atoms with Gasteiger partial charge in [-0.1, -0.05) is 6.07 Å². The first-order chi connectivity index (χ1) is 13.9. The second-order valence-electron chi connectivity index (χ2n) is 6.66. The maximum Gasteiger partial charge on any atom is 0.333 e. The lowest BCUT2D eigenvalue weighted by Crippen LogP contribution is -2.20. The molecular weight excluding hydrogens is 378 g/mol. The summed E-state index contributed by atoms with van der Waals surface area (Å²) in [7, 11) is 1.81. The molecule has 0 atom stereocenters. The Morgan fingerprint density at radius 3 is 2.66 bits per heavy atom. The van der Waals surface area contributed by atoms with Gasteiger partial charge in [0.1, 0.15) is 5.82 Å². The normalized spacial score (nSPS) is 12.1. The van der Waals surface area contributed by atoms with Gasteiger partial charge < -0.3 is 5.73 Å². The monoisotopic (exact) mass is 392 g/mol. The molecule has 0 amide bonds. The van der Waals surface area contributed by atoms with Gasteiger partial charge in [0, 0.05) is 41.5 Å². The van der Waals surface area contributed by atoms with Gasteiger partial charge in [0.15, 0.2) is 5.65 Å². The van der Waals surface area contributed by atoms with E-state index in [-0.39, 0.29) is 17.0 Å². The van der Waals surface area contributed by atoms with Crippen molar-refractivity contribution in [1.82, 2.24) is 34.6 Å². The highest BCUT2D eigenvalue weighted by Crippen LogP contribution is 2.36. The quantitative estimate of drug-likeness (QED) is 0.507. The van der Waals surface area contributed by atoms with Crippen LogP contribution >= 0.6 is 0 Å². The van der Waals surface area contributed by atoms with Crippen LogP contribution in [0.15, 0.2) is 55.0 Å². The van der Waals surface area contributed by atoms with Crippen molar-refractivity contribution in [3.63, 3.8) is 0 Å². The van der Waals surface area contributed by atoms with Crippen molar-refractivity contribution in [2.45, 2.75) is 5.92 Å². The average molecular weight is 392 g/mol. The summed E-state index contributed by atoms with van der Waals surface area (Å²) in [6, 6.07) is 9.04. The first-order valence-corrected chi connectivity index (χ1v) is 8.67. The molecule has 0 bridgehead atoms. The zero-order valence-corrected chi connectivity index (χ0v) is 15.2. The number of nitrogens with two attached hydrogens (primary N) is 1. The zero-order chi connectivity index (χ0) is 20.2. The number of fused-ring (bicyclic) bond motifs is 2. The Balaban J connectivity index is 1.63. The molecule has 0 aliphatic heterocycles. The highest BCUT2D eigenvalue weighted by molar-refractivity contribution is 5.84. The molecule has 0 aliphatic carbocycles. The van der Waals surface area contributed by atoms with Gasteiger partial charge in [0.05, 0.1) is 11.7 Å². The van der Waals surface area contributed by atoms with E-state index in [4.69, 9.17) is 5.73 Å². The standard InChI is InChI=1S/C19H14F2N8/c1-28-10-13(9-24-28)12-6-11-7-14(2-3-15(11)23-8-12)19(20,21)18-26-25-17-5-4-16(22)27-29(17)18/h2-10H,1H3,(H2,22,27). The van der Waals surface area contributed by atoms with Crippen LogP contribution in [0.5, 0.6) is 0 Å². The molecule has 8 nitrogen and oxygen atoms in total. The van der Waals surface area contributed by atoms with E-state index in [1.807, 2.05) is 6.20 Å². The van der Waals surface area contributed by atoms with E-state index in [9.17, 15) is 0 Å². The van der Waals surface area contributed by atoms with E-state index < -0.39 is 11.7 Å². The molecule has 5 aromatic rings. The fraction of sp³-hybridized carbons (Fsp3) is 0.105. The number of alkyl halides is 2. The number of aryl methyl sites for hydroxylation is 1. The first-order valence-electron chi connectivity index (χ1n) is 8.67. The Morgan fingerprint density at radius 2 is 1.86 bits per heavy atom. The van der Waals surface area contributed by atoms with Crippen molar-refractivity contribution in [2.24, 2.45) is 7.05 Å². The van der Waals surface area contributed by atoms with Crippen molar-refractivity contribution in [3.05, 3.63) is 66.4 Å². The summed E-state index contributed by atoms with van der Waals surface area (Å²) in [5.74, 6) is -3.94. The lowest BCUT2D eigenvalue weighted by Gasteiger charge is -2.15. The molecule has 0 radical (unpaired) electrons. The van der Waals surface area contributed by atoms with Crippen LogP contribution in [-0.4, -0.2) is 34.6 Å². The minimum Gasteiger partial charge on any atom is -0.382 e. The molecule has 4 heterocycles. The van der Waals surface area contributed by atoms with Gasteiger partial charge in [-0.3, -0.25) is 9.67 Å². The summed E-state index contributed by atoms with van der Waals surface area (Å²) in [5.41, 5.74) is 7.82. The molecule has 0 fully saturated rings. The zero-order valence-electron chi connectivity index (χ0n) is 15.2. The Labute approximate surface area is 162 Å². The molecule has 0 saturated carbocycles. The number of pyridine rings is 1. The average Bonchev–Trinajstić information content (AvgIpc) is 3.33. The van der Waals surface area contributed by atoms with Gasteiger partial charge in [0.25, 0.3) is 0 Å². The van der Waals surface area contributed by atoms with E-state index in [1.165, 1.54) is 24.3 Å². The first kappa shape index (κ1) is 17.2. The maximum absolute atomic E-state index is 15.3.